The molecular weight excluding hydrogens is 1040 g/mol. The minimum absolute atomic E-state index is 0. The van der Waals surface area contributed by atoms with E-state index in [4.69, 9.17) is 21.7 Å². The second kappa shape index (κ2) is 25.4. The SMILES string of the molecule is CNC(C)C(=O)N[C@H]1CCS[C@H]2CC(C)(C)[C@@H](C(=O)N[C@H]3c4ccccc4C[C@H]3OCC#CC#CCO[C@@H]3Cc4ccccc4[C@@H]3NC(=O)[C@H]3N4C(=O)[C@@H](NC(=S)C(C)NC)CCS[C@H]4CC3(C)C)N2C1=O.Cl.Cl. The highest BCUT2D eigenvalue weighted by Crippen LogP contribution is 2.48. The molecule has 4 saturated heterocycles. The average Bonchev–Trinajstić information content (AvgIpc) is 3.99. The number of fused-ring (bicyclic) bond motifs is 4. The number of ether oxygens (including phenoxy) is 2. The molecule has 6 N–H and O–H groups in total. The first-order valence-corrected chi connectivity index (χ1v) is 27.7. The van der Waals surface area contributed by atoms with Gasteiger partial charge in [-0.15, -0.1) is 48.3 Å². The fourth-order valence-corrected chi connectivity index (χ4v) is 14.7. The van der Waals surface area contributed by atoms with Crippen molar-refractivity contribution in [3.05, 3.63) is 70.8 Å². The molecule has 4 heterocycles. The molecule has 2 unspecified atom stereocenters. The Morgan fingerprint density at radius 2 is 1.09 bits per heavy atom. The Morgan fingerprint density at radius 3 is 1.53 bits per heavy atom. The monoisotopic (exact) mass is 1110 g/mol. The standard InChI is InChI=1S/C54H70N8O7S3.2ClH/c1-31(55-7)47(63)57-37-21-25-71-41-29-53(3,4)45(61(41)51(37)66)48(64)59-43-35-19-13-11-17-33(35)27-39(43)68-23-15-9-10-16-24-69-40-28-34-18-12-14-20-36(34)44(40)60-49(65)46-54(5,6)30-42-62(46)52(67)38(22-26-72-42)58-50(70)32(2)56-8;;/h11-14,17-20,31-32,37-46,55-56H,21-30H2,1-8H3,(H,57,63)(H,58,70)(H,59,64)(H,60,65);2*1H/t31?,32?,37-,38-,39+,40+,41-,42-,43-,44-,45+,46+;;/m0../s1. The van der Waals surface area contributed by atoms with Crippen LogP contribution in [0.15, 0.2) is 48.5 Å². The van der Waals surface area contributed by atoms with Crippen molar-refractivity contribution in [2.75, 3.05) is 38.8 Å². The summed E-state index contributed by atoms with van der Waals surface area (Å²) in [5, 5.41) is 18.6. The maximum atomic E-state index is 14.6. The molecule has 2 aliphatic carbocycles. The lowest BCUT2D eigenvalue weighted by Gasteiger charge is -2.35. The molecule has 8 rings (SSSR count). The average molecular weight is 1110 g/mol. The summed E-state index contributed by atoms with van der Waals surface area (Å²) in [6.07, 6.45) is 2.83. The largest absolute Gasteiger partial charge is 0.367 e. The van der Waals surface area contributed by atoms with Crippen LogP contribution in [-0.2, 0) is 46.3 Å². The van der Waals surface area contributed by atoms with Gasteiger partial charge in [0, 0.05) is 12.8 Å². The highest BCUT2D eigenvalue weighted by molar-refractivity contribution is 8.00. The second-order valence-electron chi connectivity index (χ2n) is 21.1. The van der Waals surface area contributed by atoms with E-state index in [-0.39, 0.29) is 90.5 Å². The van der Waals surface area contributed by atoms with Crippen LogP contribution in [0.4, 0.5) is 0 Å². The summed E-state index contributed by atoms with van der Waals surface area (Å²) in [6, 6.07) is 11.8. The van der Waals surface area contributed by atoms with Crippen molar-refractivity contribution in [1.29, 1.82) is 0 Å². The van der Waals surface area contributed by atoms with Gasteiger partial charge in [0.15, 0.2) is 0 Å². The lowest BCUT2D eigenvalue weighted by atomic mass is 9.83. The van der Waals surface area contributed by atoms with Gasteiger partial charge in [-0.25, -0.2) is 0 Å². The van der Waals surface area contributed by atoms with Crippen LogP contribution in [0.5, 0.6) is 0 Å². The molecule has 4 aliphatic heterocycles. The molecular formula is C54H72Cl2N8O7S3. The van der Waals surface area contributed by atoms with Crippen molar-refractivity contribution in [3.8, 4) is 23.7 Å². The first kappa shape index (κ1) is 59.2. The summed E-state index contributed by atoms with van der Waals surface area (Å²) in [7, 11) is 3.53. The number of nitrogens with one attached hydrogen (secondary N) is 6. The predicted molar refractivity (Wildman–Crippen MR) is 300 cm³/mol. The summed E-state index contributed by atoms with van der Waals surface area (Å²) < 4.78 is 12.7. The van der Waals surface area contributed by atoms with E-state index in [1.165, 1.54) is 0 Å². The molecule has 2 aromatic carbocycles. The molecule has 0 spiro atoms. The topological polar surface area (TPSA) is 182 Å². The van der Waals surface area contributed by atoms with Crippen LogP contribution in [0.25, 0.3) is 0 Å². The minimum Gasteiger partial charge on any atom is -0.367 e. The normalized spacial score (nSPS) is 28.8. The number of amides is 5. The Hall–Kier alpha value is -4.08. The third kappa shape index (κ3) is 12.7. The maximum absolute atomic E-state index is 14.6. The van der Waals surface area contributed by atoms with Gasteiger partial charge < -0.3 is 51.2 Å². The summed E-state index contributed by atoms with van der Waals surface area (Å²) in [4.78, 5) is 74.5. The van der Waals surface area contributed by atoms with Gasteiger partial charge in [-0.05, 0) is 110 Å². The molecule has 15 nitrogen and oxygen atoms in total. The smallest absolute Gasteiger partial charge is 0.246 e. The molecule has 0 bridgehead atoms. The number of thioether (sulfide) groups is 2. The van der Waals surface area contributed by atoms with Gasteiger partial charge in [0.1, 0.15) is 37.4 Å². The quantitative estimate of drug-likeness (QED) is 0.114. The number of rotatable bonds is 14. The molecule has 0 aromatic heterocycles. The molecule has 12 atom stereocenters. The Labute approximate surface area is 463 Å². The number of hydrogen-bond acceptors (Lipinski definition) is 12. The number of thiocarbonyl (C=S) groups is 1. The van der Waals surface area contributed by atoms with Crippen LogP contribution in [0, 0.1) is 34.5 Å². The number of carbonyl (C=O) groups is 5. The van der Waals surface area contributed by atoms with Crippen molar-refractivity contribution >= 4 is 95.1 Å². The second-order valence-corrected chi connectivity index (χ2v) is 24.1. The first-order valence-electron chi connectivity index (χ1n) is 25.2. The van der Waals surface area contributed by atoms with E-state index < -0.39 is 59.2 Å². The molecule has 74 heavy (non-hydrogen) atoms. The number of likely N-dealkylation sites (N-methyl/N-ethyl adjacent to an activating group) is 2. The van der Waals surface area contributed by atoms with Crippen molar-refractivity contribution in [3.63, 3.8) is 0 Å². The lowest BCUT2D eigenvalue weighted by molar-refractivity contribution is -0.144. The number of nitrogens with zero attached hydrogens (tertiary/aromatic N) is 2. The van der Waals surface area contributed by atoms with E-state index in [9.17, 15) is 24.0 Å². The van der Waals surface area contributed by atoms with Crippen molar-refractivity contribution in [2.24, 2.45) is 10.8 Å². The van der Waals surface area contributed by atoms with Gasteiger partial charge in [0.25, 0.3) is 0 Å². The Bertz CT molecular complexity index is 2380. The fourth-order valence-electron chi connectivity index (χ4n) is 11.2. The van der Waals surface area contributed by atoms with E-state index in [0.717, 1.165) is 28.0 Å². The van der Waals surface area contributed by atoms with Crippen LogP contribution < -0.4 is 31.9 Å². The molecule has 402 valence electrons. The van der Waals surface area contributed by atoms with Crippen LogP contribution >= 0.6 is 60.6 Å². The van der Waals surface area contributed by atoms with Gasteiger partial charge in [0.05, 0.1) is 52.1 Å². The first-order chi connectivity index (χ1) is 34.4. The third-order valence-electron chi connectivity index (χ3n) is 15.3. The number of hydrogen-bond donors (Lipinski definition) is 6. The van der Waals surface area contributed by atoms with E-state index in [1.807, 2.05) is 70.3 Å². The van der Waals surface area contributed by atoms with Gasteiger partial charge in [-0.1, -0.05) is 100 Å². The van der Waals surface area contributed by atoms with E-state index in [2.05, 4.69) is 75.5 Å². The van der Waals surface area contributed by atoms with Gasteiger partial charge >= 0.3 is 0 Å². The van der Waals surface area contributed by atoms with Crippen LogP contribution in [0.3, 0.4) is 0 Å². The van der Waals surface area contributed by atoms with E-state index in [1.54, 1.807) is 47.3 Å². The van der Waals surface area contributed by atoms with Crippen LogP contribution in [0.2, 0.25) is 0 Å². The highest BCUT2D eigenvalue weighted by Gasteiger charge is 2.57. The number of carbonyl (C=O) groups excluding carboxylic acids is 5. The lowest BCUT2D eigenvalue weighted by Crippen LogP contribution is -2.58. The zero-order chi connectivity index (χ0) is 51.5. The Morgan fingerprint density at radius 1 is 0.676 bits per heavy atom. The van der Waals surface area contributed by atoms with Crippen molar-refractivity contribution in [2.45, 2.75) is 151 Å². The van der Waals surface area contributed by atoms with E-state index >= 15 is 0 Å². The Kier molecular flexibility index (Phi) is 20.3. The summed E-state index contributed by atoms with van der Waals surface area (Å²) >= 11 is 9.01. The van der Waals surface area contributed by atoms with Crippen molar-refractivity contribution < 1.29 is 33.4 Å². The van der Waals surface area contributed by atoms with Crippen LogP contribution in [-0.4, -0.2) is 142 Å². The molecule has 5 amide bonds. The molecule has 6 aliphatic rings. The summed E-state index contributed by atoms with van der Waals surface area (Å²) in [6.45, 7) is 12.0. The minimum atomic E-state index is -0.748. The van der Waals surface area contributed by atoms with Crippen LogP contribution in [0.1, 0.15) is 102 Å². The van der Waals surface area contributed by atoms with Crippen molar-refractivity contribution in [1.82, 2.24) is 41.7 Å². The maximum Gasteiger partial charge on any atom is 0.246 e. The summed E-state index contributed by atoms with van der Waals surface area (Å²) in [5.74, 6) is 12.2. The number of halogens is 2. The molecule has 4 fully saturated rings. The number of benzene rings is 2. The Balaban J connectivity index is 0.00000446. The van der Waals surface area contributed by atoms with Gasteiger partial charge in [0.2, 0.25) is 29.5 Å². The highest BCUT2D eigenvalue weighted by atomic mass is 35.5. The predicted octanol–water partition coefficient (Wildman–Crippen LogP) is 4.60. The molecule has 0 saturated carbocycles. The molecule has 2 aromatic rings. The third-order valence-corrected chi connectivity index (χ3v) is 18.3. The zero-order valence-electron chi connectivity index (χ0n) is 43.4. The fraction of sp³-hybridized carbons (Fsp3) is 0.593. The summed E-state index contributed by atoms with van der Waals surface area (Å²) in [5.41, 5.74) is 3.11. The van der Waals surface area contributed by atoms with Gasteiger partial charge in [-0.2, -0.15) is 0 Å². The van der Waals surface area contributed by atoms with Gasteiger partial charge in [-0.3, -0.25) is 24.0 Å². The molecule has 0 radical (unpaired) electrons. The zero-order valence-corrected chi connectivity index (χ0v) is 47.5. The van der Waals surface area contributed by atoms with E-state index in [0.29, 0.717) is 49.3 Å². The molecule has 20 heteroatoms.